The van der Waals surface area contributed by atoms with E-state index in [4.69, 9.17) is 9.47 Å². The van der Waals surface area contributed by atoms with Gasteiger partial charge in [-0.3, -0.25) is 0 Å². The van der Waals surface area contributed by atoms with Gasteiger partial charge in [-0.05, 0) is 26.8 Å². The van der Waals surface area contributed by atoms with Crippen molar-refractivity contribution in [3.05, 3.63) is 35.6 Å². The lowest BCUT2D eigenvalue weighted by Gasteiger charge is -2.17. The Morgan fingerprint density at radius 2 is 1.87 bits per heavy atom. The smallest absolute Gasteiger partial charge is 0.164 e. The van der Waals surface area contributed by atoms with Crippen molar-refractivity contribution in [2.24, 2.45) is 0 Å². The number of benzene rings is 1. The number of hydrogen-bond acceptors (Lipinski definition) is 2. The molecule has 2 nitrogen and oxygen atoms in total. The monoisotopic (exact) mass is 210 g/mol. The van der Waals surface area contributed by atoms with Gasteiger partial charge in [0, 0.05) is 5.56 Å². The standard InChI is InChI=1S/C12H15FO2/c1-8-11(15-12(2,3)14-8)9-6-4-5-7-10(9)13/h4-8,11H,1-3H3/t8-,11+/m0/s1. The van der Waals surface area contributed by atoms with Crippen LogP contribution in [0.4, 0.5) is 4.39 Å². The molecule has 1 aliphatic heterocycles. The predicted molar refractivity (Wildman–Crippen MR) is 54.9 cm³/mol. The van der Waals surface area contributed by atoms with Gasteiger partial charge in [-0.2, -0.15) is 0 Å². The zero-order valence-corrected chi connectivity index (χ0v) is 9.16. The Bertz CT molecular complexity index is 362. The van der Waals surface area contributed by atoms with Crippen LogP contribution in [0.5, 0.6) is 0 Å². The Morgan fingerprint density at radius 1 is 1.20 bits per heavy atom. The summed E-state index contributed by atoms with van der Waals surface area (Å²) in [6, 6.07) is 6.66. The molecule has 2 atom stereocenters. The zero-order valence-electron chi connectivity index (χ0n) is 9.16. The van der Waals surface area contributed by atoms with Gasteiger partial charge in [-0.15, -0.1) is 0 Å². The molecule has 1 aromatic rings. The molecule has 1 heterocycles. The molecule has 3 heteroatoms. The summed E-state index contributed by atoms with van der Waals surface area (Å²) >= 11 is 0. The van der Waals surface area contributed by atoms with E-state index < -0.39 is 5.79 Å². The SMILES string of the molecule is C[C@@H]1OC(C)(C)O[C@H]1c1ccccc1F. The molecule has 2 rings (SSSR count). The Balaban J connectivity index is 2.29. The maximum atomic E-state index is 13.5. The van der Waals surface area contributed by atoms with Crippen molar-refractivity contribution < 1.29 is 13.9 Å². The van der Waals surface area contributed by atoms with E-state index in [0.29, 0.717) is 5.56 Å². The van der Waals surface area contributed by atoms with Gasteiger partial charge in [-0.25, -0.2) is 4.39 Å². The van der Waals surface area contributed by atoms with Crippen molar-refractivity contribution in [3.63, 3.8) is 0 Å². The highest BCUT2D eigenvalue weighted by Crippen LogP contribution is 2.38. The van der Waals surface area contributed by atoms with E-state index in [2.05, 4.69) is 0 Å². The summed E-state index contributed by atoms with van der Waals surface area (Å²) in [6.07, 6.45) is -0.446. The van der Waals surface area contributed by atoms with Crippen molar-refractivity contribution in [3.8, 4) is 0 Å². The highest BCUT2D eigenvalue weighted by Gasteiger charge is 2.40. The van der Waals surface area contributed by atoms with Crippen LogP contribution in [0.3, 0.4) is 0 Å². The first-order valence-corrected chi connectivity index (χ1v) is 5.10. The van der Waals surface area contributed by atoms with Crippen LogP contribution >= 0.6 is 0 Å². The molecule has 0 N–H and O–H groups in total. The average molecular weight is 210 g/mol. The van der Waals surface area contributed by atoms with Crippen LogP contribution in [0.1, 0.15) is 32.4 Å². The second-order valence-corrected chi connectivity index (χ2v) is 4.28. The van der Waals surface area contributed by atoms with Crippen molar-refractivity contribution in [1.82, 2.24) is 0 Å². The molecule has 0 saturated carbocycles. The fraction of sp³-hybridized carbons (Fsp3) is 0.500. The molecule has 0 spiro atoms. The highest BCUT2D eigenvalue weighted by molar-refractivity contribution is 5.21. The van der Waals surface area contributed by atoms with Gasteiger partial charge in [0.25, 0.3) is 0 Å². The van der Waals surface area contributed by atoms with E-state index in [-0.39, 0.29) is 18.0 Å². The van der Waals surface area contributed by atoms with E-state index in [1.165, 1.54) is 6.07 Å². The Hall–Kier alpha value is -0.930. The van der Waals surface area contributed by atoms with Gasteiger partial charge in [0.15, 0.2) is 5.79 Å². The summed E-state index contributed by atoms with van der Waals surface area (Å²) in [5.74, 6) is -0.873. The molecule has 1 aromatic carbocycles. The fourth-order valence-electron chi connectivity index (χ4n) is 1.96. The molecule has 0 amide bonds. The minimum absolute atomic E-state index is 0.128. The Labute approximate surface area is 89.0 Å². The lowest BCUT2D eigenvalue weighted by Crippen LogP contribution is -2.20. The molecular weight excluding hydrogens is 195 g/mol. The van der Waals surface area contributed by atoms with Crippen molar-refractivity contribution >= 4 is 0 Å². The zero-order chi connectivity index (χ0) is 11.1. The third-order valence-electron chi connectivity index (χ3n) is 2.52. The minimum Gasteiger partial charge on any atom is -0.344 e. The summed E-state index contributed by atoms with van der Waals surface area (Å²) in [5.41, 5.74) is 0.565. The topological polar surface area (TPSA) is 18.5 Å². The summed E-state index contributed by atoms with van der Waals surface area (Å²) in [5, 5.41) is 0. The van der Waals surface area contributed by atoms with Gasteiger partial charge in [0.2, 0.25) is 0 Å². The van der Waals surface area contributed by atoms with Crippen molar-refractivity contribution in [2.75, 3.05) is 0 Å². The van der Waals surface area contributed by atoms with Gasteiger partial charge < -0.3 is 9.47 Å². The Kier molecular flexibility index (Phi) is 2.52. The average Bonchev–Trinajstić information content (AvgIpc) is 2.40. The van der Waals surface area contributed by atoms with Gasteiger partial charge in [-0.1, -0.05) is 18.2 Å². The first-order chi connectivity index (χ1) is 6.99. The molecule has 1 fully saturated rings. The molecule has 1 saturated heterocycles. The second kappa shape index (κ2) is 3.58. The van der Waals surface area contributed by atoms with Gasteiger partial charge in [0.1, 0.15) is 11.9 Å². The molecule has 1 aliphatic rings. The molecule has 82 valence electrons. The van der Waals surface area contributed by atoms with E-state index >= 15 is 0 Å². The molecule has 15 heavy (non-hydrogen) atoms. The molecular formula is C12H15FO2. The number of halogens is 1. The molecule has 0 unspecified atom stereocenters. The van der Waals surface area contributed by atoms with Crippen LogP contribution in [0.25, 0.3) is 0 Å². The highest BCUT2D eigenvalue weighted by atomic mass is 19.1. The largest absolute Gasteiger partial charge is 0.344 e. The summed E-state index contributed by atoms with van der Waals surface area (Å²) < 4.78 is 24.8. The third-order valence-corrected chi connectivity index (χ3v) is 2.52. The molecule has 0 aliphatic carbocycles. The van der Waals surface area contributed by atoms with Crippen LogP contribution in [0.15, 0.2) is 24.3 Å². The summed E-state index contributed by atoms with van der Waals surface area (Å²) in [4.78, 5) is 0. The van der Waals surface area contributed by atoms with Crippen LogP contribution in [-0.4, -0.2) is 11.9 Å². The quantitative estimate of drug-likeness (QED) is 0.709. The second-order valence-electron chi connectivity index (χ2n) is 4.28. The maximum absolute atomic E-state index is 13.5. The maximum Gasteiger partial charge on any atom is 0.164 e. The Morgan fingerprint density at radius 3 is 2.40 bits per heavy atom. The van der Waals surface area contributed by atoms with E-state index in [0.717, 1.165) is 0 Å². The first kappa shape index (κ1) is 10.6. The number of ether oxygens (including phenoxy) is 2. The number of rotatable bonds is 1. The van der Waals surface area contributed by atoms with Crippen LogP contribution < -0.4 is 0 Å². The molecule has 0 radical (unpaired) electrons. The van der Waals surface area contributed by atoms with Crippen molar-refractivity contribution in [2.45, 2.75) is 38.8 Å². The van der Waals surface area contributed by atoms with Gasteiger partial charge >= 0.3 is 0 Å². The lowest BCUT2D eigenvalue weighted by atomic mass is 10.1. The normalized spacial score (nSPS) is 29.3. The molecule has 0 bridgehead atoms. The van der Waals surface area contributed by atoms with E-state index in [1.54, 1.807) is 18.2 Å². The lowest BCUT2D eigenvalue weighted by molar-refractivity contribution is -0.145. The van der Waals surface area contributed by atoms with Crippen LogP contribution in [-0.2, 0) is 9.47 Å². The predicted octanol–water partition coefficient (Wildman–Crippen LogP) is 3.04. The fourth-order valence-corrected chi connectivity index (χ4v) is 1.96. The number of hydrogen-bond donors (Lipinski definition) is 0. The van der Waals surface area contributed by atoms with Crippen molar-refractivity contribution in [1.29, 1.82) is 0 Å². The van der Waals surface area contributed by atoms with Crippen LogP contribution in [0.2, 0.25) is 0 Å². The van der Waals surface area contributed by atoms with E-state index in [1.807, 2.05) is 20.8 Å². The van der Waals surface area contributed by atoms with E-state index in [9.17, 15) is 4.39 Å². The third kappa shape index (κ3) is 2.03. The summed E-state index contributed by atoms with van der Waals surface area (Å²) in [6.45, 7) is 5.57. The minimum atomic E-state index is -0.633. The van der Waals surface area contributed by atoms with Gasteiger partial charge in [0.05, 0.1) is 6.10 Å². The van der Waals surface area contributed by atoms with Crippen LogP contribution in [0, 0.1) is 5.82 Å². The summed E-state index contributed by atoms with van der Waals surface area (Å²) in [7, 11) is 0. The molecule has 0 aromatic heterocycles. The first-order valence-electron chi connectivity index (χ1n) is 5.10.